The molecule has 0 spiro atoms. The van der Waals surface area contributed by atoms with E-state index in [0.717, 1.165) is 0 Å². The molecule has 0 aliphatic carbocycles. The van der Waals surface area contributed by atoms with Crippen molar-refractivity contribution >= 4 is 33.8 Å². The Bertz CT molecular complexity index is 603. The number of hydrogen-bond acceptors (Lipinski definition) is 4. The van der Waals surface area contributed by atoms with Crippen LogP contribution in [0.1, 0.15) is 11.3 Å². The van der Waals surface area contributed by atoms with E-state index in [1.54, 1.807) is 13.0 Å². The summed E-state index contributed by atoms with van der Waals surface area (Å²) in [5, 5.41) is 12.6. The van der Waals surface area contributed by atoms with Crippen molar-refractivity contribution in [2.75, 3.05) is 5.32 Å². The molecule has 0 saturated heterocycles. The minimum Gasteiger partial charge on any atom is -0.345 e. The molecular formula is C11H7ClFN3S. The van der Waals surface area contributed by atoms with E-state index < -0.39 is 5.82 Å². The fourth-order valence-electron chi connectivity index (χ4n) is 1.29. The van der Waals surface area contributed by atoms with Crippen LogP contribution in [-0.4, -0.2) is 4.37 Å². The van der Waals surface area contributed by atoms with Gasteiger partial charge in [-0.3, -0.25) is 0 Å². The van der Waals surface area contributed by atoms with E-state index >= 15 is 0 Å². The summed E-state index contributed by atoms with van der Waals surface area (Å²) in [4.78, 5) is 0. The predicted octanol–water partition coefficient (Wildman–Crippen LogP) is 3.86. The standard InChI is InChI=1S/C11H7ClFN3S/c1-6-8(5-14)11(17-16-6)15-7-2-3-10(13)9(12)4-7/h2-4,15H,1H3. The Balaban J connectivity index is 2.32. The van der Waals surface area contributed by atoms with E-state index in [-0.39, 0.29) is 5.02 Å². The highest BCUT2D eigenvalue weighted by Crippen LogP contribution is 2.28. The summed E-state index contributed by atoms with van der Waals surface area (Å²) in [7, 11) is 0. The zero-order chi connectivity index (χ0) is 12.4. The fraction of sp³-hybridized carbons (Fsp3) is 0.0909. The first kappa shape index (κ1) is 11.8. The number of benzene rings is 1. The minimum atomic E-state index is -0.474. The van der Waals surface area contributed by atoms with Gasteiger partial charge in [-0.25, -0.2) is 4.39 Å². The normalized spacial score (nSPS) is 10.0. The lowest BCUT2D eigenvalue weighted by Crippen LogP contribution is -1.91. The Labute approximate surface area is 107 Å². The predicted molar refractivity (Wildman–Crippen MR) is 66.3 cm³/mol. The van der Waals surface area contributed by atoms with Crippen LogP contribution in [0.4, 0.5) is 15.1 Å². The van der Waals surface area contributed by atoms with Crippen molar-refractivity contribution in [3.63, 3.8) is 0 Å². The Morgan fingerprint density at radius 1 is 1.53 bits per heavy atom. The van der Waals surface area contributed by atoms with Crippen LogP contribution >= 0.6 is 23.1 Å². The van der Waals surface area contributed by atoms with Crippen LogP contribution in [0.3, 0.4) is 0 Å². The second-order valence-corrected chi connectivity index (χ2v) is 4.52. The second-order valence-electron chi connectivity index (χ2n) is 3.34. The van der Waals surface area contributed by atoms with Gasteiger partial charge in [-0.05, 0) is 36.7 Å². The van der Waals surface area contributed by atoms with Crippen LogP contribution in [0.5, 0.6) is 0 Å². The summed E-state index contributed by atoms with van der Waals surface area (Å²) >= 11 is 6.85. The molecule has 1 heterocycles. The molecule has 17 heavy (non-hydrogen) atoms. The second kappa shape index (κ2) is 4.70. The van der Waals surface area contributed by atoms with Crippen LogP contribution in [0.25, 0.3) is 0 Å². The molecule has 3 nitrogen and oxygen atoms in total. The summed E-state index contributed by atoms with van der Waals surface area (Å²) < 4.78 is 17.0. The topological polar surface area (TPSA) is 48.7 Å². The molecule has 0 atom stereocenters. The number of rotatable bonds is 2. The van der Waals surface area contributed by atoms with Gasteiger partial charge in [-0.2, -0.15) is 9.64 Å². The van der Waals surface area contributed by atoms with Crippen molar-refractivity contribution in [3.05, 3.63) is 40.3 Å². The molecule has 0 aliphatic heterocycles. The number of halogens is 2. The highest BCUT2D eigenvalue weighted by molar-refractivity contribution is 7.10. The summed E-state index contributed by atoms with van der Waals surface area (Å²) in [6.45, 7) is 1.76. The molecule has 0 aliphatic rings. The average molecular weight is 268 g/mol. The van der Waals surface area contributed by atoms with Crippen molar-refractivity contribution in [2.45, 2.75) is 6.92 Å². The first-order valence-electron chi connectivity index (χ1n) is 4.70. The number of aryl methyl sites for hydroxylation is 1. The van der Waals surface area contributed by atoms with E-state index in [9.17, 15) is 4.39 Å². The number of hydrogen-bond donors (Lipinski definition) is 1. The van der Waals surface area contributed by atoms with Gasteiger partial charge in [0.15, 0.2) is 0 Å². The molecule has 0 bridgehead atoms. The minimum absolute atomic E-state index is 0.0368. The molecule has 0 saturated carbocycles. The van der Waals surface area contributed by atoms with Gasteiger partial charge in [0.1, 0.15) is 22.5 Å². The van der Waals surface area contributed by atoms with E-state index in [1.807, 2.05) is 0 Å². The monoisotopic (exact) mass is 267 g/mol. The number of aromatic nitrogens is 1. The highest BCUT2D eigenvalue weighted by atomic mass is 35.5. The number of nitrogens with one attached hydrogen (secondary N) is 1. The van der Waals surface area contributed by atoms with Crippen LogP contribution in [0.15, 0.2) is 18.2 Å². The Morgan fingerprint density at radius 3 is 2.94 bits per heavy atom. The molecule has 86 valence electrons. The van der Waals surface area contributed by atoms with E-state index in [4.69, 9.17) is 16.9 Å². The number of nitrogens with zero attached hydrogens (tertiary/aromatic N) is 2. The third kappa shape index (κ3) is 2.38. The van der Waals surface area contributed by atoms with Gasteiger partial charge in [-0.15, -0.1) is 0 Å². The summed E-state index contributed by atoms with van der Waals surface area (Å²) in [6.07, 6.45) is 0. The lowest BCUT2D eigenvalue weighted by molar-refractivity contribution is 0.628. The quantitative estimate of drug-likeness (QED) is 0.899. The molecular weight excluding hydrogens is 261 g/mol. The Morgan fingerprint density at radius 2 is 2.29 bits per heavy atom. The summed E-state index contributed by atoms with van der Waals surface area (Å²) in [5.41, 5.74) is 1.79. The Kier molecular flexibility index (Phi) is 3.27. The van der Waals surface area contributed by atoms with Crippen molar-refractivity contribution in [2.24, 2.45) is 0 Å². The molecule has 1 N–H and O–H groups in total. The van der Waals surface area contributed by atoms with Crippen molar-refractivity contribution in [1.82, 2.24) is 4.37 Å². The largest absolute Gasteiger partial charge is 0.345 e. The first-order chi connectivity index (χ1) is 8.11. The average Bonchev–Trinajstić information content (AvgIpc) is 2.64. The lowest BCUT2D eigenvalue weighted by Gasteiger charge is -2.04. The van der Waals surface area contributed by atoms with Gasteiger partial charge in [0.25, 0.3) is 0 Å². The lowest BCUT2D eigenvalue weighted by atomic mass is 10.2. The van der Waals surface area contributed by atoms with Gasteiger partial charge in [-0.1, -0.05) is 11.6 Å². The Hall–Kier alpha value is -1.64. The molecule has 6 heteroatoms. The first-order valence-corrected chi connectivity index (χ1v) is 5.85. The van der Waals surface area contributed by atoms with Crippen molar-refractivity contribution < 1.29 is 4.39 Å². The number of anilines is 2. The molecule has 2 rings (SSSR count). The van der Waals surface area contributed by atoms with Gasteiger partial charge in [0.05, 0.1) is 10.7 Å². The van der Waals surface area contributed by atoms with Gasteiger partial charge in [0.2, 0.25) is 0 Å². The molecule has 0 amide bonds. The van der Waals surface area contributed by atoms with E-state index in [0.29, 0.717) is 21.9 Å². The summed E-state index contributed by atoms with van der Waals surface area (Å²) in [5.74, 6) is -0.474. The van der Waals surface area contributed by atoms with E-state index in [1.165, 1.54) is 23.7 Å². The summed E-state index contributed by atoms with van der Waals surface area (Å²) in [6, 6.07) is 6.36. The van der Waals surface area contributed by atoms with Gasteiger partial charge < -0.3 is 5.32 Å². The van der Waals surface area contributed by atoms with Crippen molar-refractivity contribution in [3.8, 4) is 6.07 Å². The number of nitriles is 1. The fourth-order valence-corrected chi connectivity index (χ4v) is 2.24. The molecule has 0 unspecified atom stereocenters. The maximum absolute atomic E-state index is 13.0. The molecule has 2 aromatic rings. The third-order valence-corrected chi connectivity index (χ3v) is 3.30. The van der Waals surface area contributed by atoms with Crippen LogP contribution in [0, 0.1) is 24.1 Å². The van der Waals surface area contributed by atoms with Gasteiger partial charge >= 0.3 is 0 Å². The van der Waals surface area contributed by atoms with Gasteiger partial charge in [0, 0.05) is 5.69 Å². The third-order valence-electron chi connectivity index (χ3n) is 2.15. The zero-order valence-electron chi connectivity index (χ0n) is 8.79. The zero-order valence-corrected chi connectivity index (χ0v) is 10.4. The smallest absolute Gasteiger partial charge is 0.141 e. The molecule has 0 radical (unpaired) electrons. The highest BCUT2D eigenvalue weighted by Gasteiger charge is 2.10. The molecule has 0 fully saturated rings. The van der Waals surface area contributed by atoms with E-state index in [2.05, 4.69) is 15.8 Å². The van der Waals surface area contributed by atoms with Crippen LogP contribution in [-0.2, 0) is 0 Å². The maximum Gasteiger partial charge on any atom is 0.141 e. The molecule has 1 aromatic heterocycles. The van der Waals surface area contributed by atoms with Crippen LogP contribution in [0.2, 0.25) is 5.02 Å². The maximum atomic E-state index is 13.0. The molecule has 1 aromatic carbocycles. The van der Waals surface area contributed by atoms with Crippen molar-refractivity contribution in [1.29, 1.82) is 5.26 Å². The SMILES string of the molecule is Cc1nsc(Nc2ccc(F)c(Cl)c2)c1C#N. The van der Waals surface area contributed by atoms with Crippen LogP contribution < -0.4 is 5.32 Å².